The van der Waals surface area contributed by atoms with Gasteiger partial charge in [-0.15, -0.1) is 11.3 Å². The molecule has 0 saturated carbocycles. The molecule has 1 heterocycles. The van der Waals surface area contributed by atoms with Crippen LogP contribution in [-0.4, -0.2) is 5.11 Å². The van der Waals surface area contributed by atoms with Crippen molar-refractivity contribution in [1.29, 1.82) is 0 Å². The van der Waals surface area contributed by atoms with Crippen molar-refractivity contribution in [3.63, 3.8) is 0 Å². The maximum atomic E-state index is 10.4. The minimum Gasteiger partial charge on any atom is -0.383 e. The fourth-order valence-electron chi connectivity index (χ4n) is 1.50. The Hall–Kier alpha value is 0.380. The number of aliphatic hydroxyl groups is 1. The van der Waals surface area contributed by atoms with Gasteiger partial charge < -0.3 is 5.11 Å². The average Bonchev–Trinajstić information content (AvgIpc) is 2.62. The van der Waals surface area contributed by atoms with Gasteiger partial charge in [0.2, 0.25) is 0 Å². The van der Waals surface area contributed by atoms with E-state index in [1.54, 1.807) is 11.3 Å². The molecule has 0 fully saturated rings. The Labute approximate surface area is 131 Å². The summed E-state index contributed by atoms with van der Waals surface area (Å²) in [5.41, 5.74) is 1.99. The summed E-state index contributed by atoms with van der Waals surface area (Å²) in [7, 11) is 0. The smallest absolute Gasteiger partial charge is 0.114 e. The third-order valence-corrected chi connectivity index (χ3v) is 5.80. The number of rotatable bonds is 2. The van der Waals surface area contributed by atoms with E-state index in [9.17, 15) is 5.11 Å². The number of halogens is 3. The molecule has 1 aromatic carbocycles. The highest BCUT2D eigenvalue weighted by molar-refractivity contribution is 14.1. The molecule has 1 atom stereocenters. The summed E-state index contributed by atoms with van der Waals surface area (Å²) < 4.78 is 2.07. The largest absolute Gasteiger partial charge is 0.383 e. The number of benzene rings is 1. The van der Waals surface area contributed by atoms with Crippen LogP contribution in [0.3, 0.4) is 0 Å². The van der Waals surface area contributed by atoms with Gasteiger partial charge in [-0.05, 0) is 75.3 Å². The monoisotopic (exact) mass is 442 g/mol. The van der Waals surface area contributed by atoms with Gasteiger partial charge in [0.25, 0.3) is 0 Å². The van der Waals surface area contributed by atoms with Gasteiger partial charge in [0.05, 0.1) is 3.79 Å². The summed E-state index contributed by atoms with van der Waals surface area (Å²) in [5, 5.41) is 11.0. The average molecular weight is 444 g/mol. The zero-order valence-corrected chi connectivity index (χ0v) is 14.2. The van der Waals surface area contributed by atoms with E-state index in [-0.39, 0.29) is 0 Å². The van der Waals surface area contributed by atoms with E-state index in [1.807, 2.05) is 31.2 Å². The highest BCUT2D eigenvalue weighted by Crippen LogP contribution is 2.36. The molecule has 1 N–H and O–H groups in total. The molecule has 0 saturated heterocycles. The lowest BCUT2D eigenvalue weighted by Crippen LogP contribution is -1.99. The molecule has 0 spiro atoms. The highest BCUT2D eigenvalue weighted by atomic mass is 127. The fraction of sp³-hybridized carbons (Fsp3) is 0.167. The second kappa shape index (κ2) is 5.57. The van der Waals surface area contributed by atoms with Crippen LogP contribution in [0.5, 0.6) is 0 Å². The predicted octanol–water partition coefficient (Wildman–Crippen LogP) is 5.16. The molecular formula is C12H9BrClIOS. The maximum Gasteiger partial charge on any atom is 0.114 e. The van der Waals surface area contributed by atoms with Crippen molar-refractivity contribution >= 4 is 61.5 Å². The van der Waals surface area contributed by atoms with Crippen LogP contribution in [-0.2, 0) is 0 Å². The molecule has 90 valence electrons. The van der Waals surface area contributed by atoms with Crippen molar-refractivity contribution in [2.24, 2.45) is 0 Å². The first-order valence-electron chi connectivity index (χ1n) is 4.88. The predicted molar refractivity (Wildman–Crippen MR) is 85.0 cm³/mol. The first kappa shape index (κ1) is 13.8. The van der Waals surface area contributed by atoms with E-state index < -0.39 is 6.10 Å². The molecule has 0 amide bonds. The third kappa shape index (κ3) is 3.04. The molecule has 0 radical (unpaired) electrons. The van der Waals surface area contributed by atoms with Gasteiger partial charge in [0, 0.05) is 19.0 Å². The topological polar surface area (TPSA) is 20.2 Å². The molecule has 1 aromatic heterocycles. The molecule has 2 rings (SSSR count). The molecule has 5 heteroatoms. The van der Waals surface area contributed by atoms with Gasteiger partial charge in [0.1, 0.15) is 6.10 Å². The van der Waals surface area contributed by atoms with E-state index >= 15 is 0 Å². The number of aryl methyl sites for hydroxylation is 1. The molecule has 1 nitrogen and oxygen atoms in total. The van der Waals surface area contributed by atoms with Crippen LogP contribution in [0.2, 0.25) is 5.02 Å². The lowest BCUT2D eigenvalue weighted by Gasteiger charge is -2.11. The van der Waals surface area contributed by atoms with Crippen molar-refractivity contribution < 1.29 is 5.11 Å². The Bertz CT molecular complexity index is 536. The number of thiophene rings is 1. The van der Waals surface area contributed by atoms with Crippen molar-refractivity contribution in [2.75, 3.05) is 0 Å². The summed E-state index contributed by atoms with van der Waals surface area (Å²) >= 11 is 13.2. The minimum absolute atomic E-state index is 0.615. The zero-order chi connectivity index (χ0) is 12.6. The van der Waals surface area contributed by atoms with Crippen molar-refractivity contribution in [2.45, 2.75) is 13.0 Å². The fourth-order valence-corrected chi connectivity index (χ4v) is 3.88. The zero-order valence-electron chi connectivity index (χ0n) is 8.88. The third-order valence-electron chi connectivity index (χ3n) is 2.40. The molecule has 17 heavy (non-hydrogen) atoms. The van der Waals surface area contributed by atoms with Gasteiger partial charge in [-0.25, -0.2) is 0 Å². The van der Waals surface area contributed by atoms with E-state index in [4.69, 9.17) is 11.6 Å². The quantitative estimate of drug-likeness (QED) is 0.636. The number of hydrogen-bond acceptors (Lipinski definition) is 2. The molecule has 0 aliphatic carbocycles. The number of hydrogen-bond donors (Lipinski definition) is 1. The lowest BCUT2D eigenvalue weighted by atomic mass is 10.1. The highest BCUT2D eigenvalue weighted by Gasteiger charge is 2.17. The summed E-state index contributed by atoms with van der Waals surface area (Å²) in [4.78, 5) is 0.926. The first-order chi connectivity index (χ1) is 7.99. The van der Waals surface area contributed by atoms with E-state index in [0.717, 1.165) is 23.4 Å². The van der Waals surface area contributed by atoms with Gasteiger partial charge >= 0.3 is 0 Å². The Morgan fingerprint density at radius 3 is 2.71 bits per heavy atom. The van der Waals surface area contributed by atoms with Gasteiger partial charge in [-0.2, -0.15) is 0 Å². The van der Waals surface area contributed by atoms with Crippen LogP contribution in [0.15, 0.2) is 28.1 Å². The second-order valence-corrected chi connectivity index (χ2v) is 7.67. The Kier molecular flexibility index (Phi) is 4.52. The van der Waals surface area contributed by atoms with Crippen molar-refractivity contribution in [1.82, 2.24) is 0 Å². The Morgan fingerprint density at radius 1 is 1.41 bits per heavy atom. The van der Waals surface area contributed by atoms with Crippen LogP contribution in [0.25, 0.3) is 0 Å². The first-order valence-corrected chi connectivity index (χ1v) is 7.94. The summed E-state index contributed by atoms with van der Waals surface area (Å²) in [6.07, 6.45) is -0.615. The molecule has 2 aromatic rings. The molecular weight excluding hydrogens is 434 g/mol. The van der Waals surface area contributed by atoms with Gasteiger partial charge in [-0.1, -0.05) is 11.6 Å². The number of aliphatic hydroxyl groups excluding tert-OH is 1. The van der Waals surface area contributed by atoms with E-state index in [1.165, 1.54) is 0 Å². The van der Waals surface area contributed by atoms with Gasteiger partial charge in [0.15, 0.2) is 0 Å². The SMILES string of the molecule is Cc1cc(C(O)c2cc(Cl)ccc2I)sc1Br. The maximum absolute atomic E-state index is 10.4. The molecule has 1 unspecified atom stereocenters. The second-order valence-electron chi connectivity index (χ2n) is 3.67. The van der Waals surface area contributed by atoms with Crippen LogP contribution in [0, 0.1) is 10.5 Å². The van der Waals surface area contributed by atoms with Gasteiger partial charge in [-0.3, -0.25) is 0 Å². The summed E-state index contributed by atoms with van der Waals surface area (Å²) in [6, 6.07) is 7.56. The van der Waals surface area contributed by atoms with Crippen LogP contribution in [0.4, 0.5) is 0 Å². The van der Waals surface area contributed by atoms with Crippen LogP contribution >= 0.6 is 61.5 Å². The molecule has 0 aliphatic heterocycles. The molecule has 0 bridgehead atoms. The lowest BCUT2D eigenvalue weighted by molar-refractivity contribution is 0.223. The minimum atomic E-state index is -0.615. The van der Waals surface area contributed by atoms with Crippen LogP contribution in [0.1, 0.15) is 22.1 Å². The Balaban J connectivity index is 2.42. The standard InChI is InChI=1S/C12H9BrClIOS/c1-6-4-10(17-12(6)13)11(16)8-5-7(14)2-3-9(8)15/h2-5,11,16H,1H3. The summed E-state index contributed by atoms with van der Waals surface area (Å²) in [6.45, 7) is 2.01. The molecule has 0 aliphatic rings. The van der Waals surface area contributed by atoms with E-state index in [2.05, 4.69) is 38.5 Å². The normalized spacial score (nSPS) is 12.8. The summed E-state index contributed by atoms with van der Waals surface area (Å²) in [5.74, 6) is 0. The van der Waals surface area contributed by atoms with Crippen LogP contribution < -0.4 is 0 Å². The van der Waals surface area contributed by atoms with Crippen molar-refractivity contribution in [3.8, 4) is 0 Å². The van der Waals surface area contributed by atoms with Crippen molar-refractivity contribution in [3.05, 3.63) is 52.6 Å². The van der Waals surface area contributed by atoms with E-state index in [0.29, 0.717) is 5.02 Å². The Morgan fingerprint density at radius 2 is 2.12 bits per heavy atom.